The summed E-state index contributed by atoms with van der Waals surface area (Å²) in [7, 11) is 0. The van der Waals surface area contributed by atoms with Gasteiger partial charge in [-0.2, -0.15) is 0 Å². The van der Waals surface area contributed by atoms with E-state index in [1.165, 1.54) is 57.8 Å². The molecular weight excluding hydrogens is 224 g/mol. The first-order valence-corrected chi connectivity index (χ1v) is 8.14. The molecule has 18 heavy (non-hydrogen) atoms. The Morgan fingerprint density at radius 2 is 1.22 bits per heavy atom. The lowest BCUT2D eigenvalue weighted by atomic mass is 10.0. The summed E-state index contributed by atoms with van der Waals surface area (Å²) in [6.45, 7) is 2.60. The second-order valence-corrected chi connectivity index (χ2v) is 5.70. The van der Waals surface area contributed by atoms with Crippen molar-refractivity contribution in [3.05, 3.63) is 0 Å². The number of aliphatic hydroxyl groups is 1. The van der Waals surface area contributed by atoms with E-state index in [9.17, 15) is 0 Å². The molecule has 1 aliphatic rings. The Hall–Kier alpha value is -0.0800. The van der Waals surface area contributed by atoms with E-state index in [-0.39, 0.29) is 0 Å². The van der Waals surface area contributed by atoms with Crippen molar-refractivity contribution in [2.75, 3.05) is 6.61 Å². The molecule has 1 aliphatic heterocycles. The number of hydrogen-bond acceptors (Lipinski definition) is 2. The van der Waals surface area contributed by atoms with Crippen LogP contribution in [0, 0.1) is 0 Å². The highest BCUT2D eigenvalue weighted by molar-refractivity contribution is 4.84. The Balaban J connectivity index is 1.74. The lowest BCUT2D eigenvalue weighted by Gasteiger charge is -2.00. The van der Waals surface area contributed by atoms with E-state index in [0.717, 1.165) is 19.3 Å². The van der Waals surface area contributed by atoms with Crippen LogP contribution >= 0.6 is 0 Å². The Kier molecular flexibility index (Phi) is 9.59. The maximum atomic E-state index is 8.70. The summed E-state index contributed by atoms with van der Waals surface area (Å²) in [4.78, 5) is 0. The number of epoxide rings is 1. The van der Waals surface area contributed by atoms with Gasteiger partial charge in [0, 0.05) is 6.61 Å². The first-order valence-electron chi connectivity index (χ1n) is 8.14. The number of rotatable bonds is 13. The molecule has 0 radical (unpaired) electrons. The molecule has 0 saturated carbocycles. The van der Waals surface area contributed by atoms with Gasteiger partial charge in [-0.05, 0) is 25.7 Å². The molecule has 0 amide bonds. The molecule has 2 heteroatoms. The van der Waals surface area contributed by atoms with E-state index in [2.05, 4.69) is 6.92 Å². The van der Waals surface area contributed by atoms with Crippen LogP contribution in [0.2, 0.25) is 0 Å². The summed E-state index contributed by atoms with van der Waals surface area (Å²) in [5.74, 6) is 0. The van der Waals surface area contributed by atoms with E-state index < -0.39 is 0 Å². The van der Waals surface area contributed by atoms with Gasteiger partial charge in [0.2, 0.25) is 0 Å². The minimum absolute atomic E-state index is 0.329. The molecule has 0 aromatic rings. The molecular formula is C16H32O2. The number of ether oxygens (including phenoxy) is 1. The molecule has 0 spiro atoms. The maximum Gasteiger partial charge on any atom is 0.0841 e. The smallest absolute Gasteiger partial charge is 0.0841 e. The van der Waals surface area contributed by atoms with Gasteiger partial charge < -0.3 is 9.84 Å². The van der Waals surface area contributed by atoms with E-state index in [0.29, 0.717) is 18.8 Å². The van der Waals surface area contributed by atoms with Crippen LogP contribution in [-0.2, 0) is 4.74 Å². The van der Waals surface area contributed by atoms with Gasteiger partial charge in [-0.1, -0.05) is 58.3 Å². The van der Waals surface area contributed by atoms with Gasteiger partial charge in [0.1, 0.15) is 0 Å². The Bertz CT molecular complexity index is 182. The fourth-order valence-electron chi connectivity index (χ4n) is 2.62. The average Bonchev–Trinajstić information content (AvgIpc) is 3.12. The van der Waals surface area contributed by atoms with Crippen molar-refractivity contribution >= 4 is 0 Å². The zero-order valence-corrected chi connectivity index (χ0v) is 12.2. The van der Waals surface area contributed by atoms with Crippen LogP contribution in [0.3, 0.4) is 0 Å². The van der Waals surface area contributed by atoms with E-state index in [1.54, 1.807) is 0 Å². The van der Waals surface area contributed by atoms with Crippen LogP contribution in [0.5, 0.6) is 0 Å². The van der Waals surface area contributed by atoms with Crippen LogP contribution in [0.4, 0.5) is 0 Å². The van der Waals surface area contributed by atoms with Gasteiger partial charge in [0.05, 0.1) is 12.2 Å². The first-order chi connectivity index (χ1) is 8.88. The average molecular weight is 256 g/mol. The summed E-state index contributed by atoms with van der Waals surface area (Å²) < 4.78 is 5.64. The third-order valence-electron chi connectivity index (χ3n) is 3.93. The number of unbranched alkanes of at least 4 members (excludes halogenated alkanes) is 8. The van der Waals surface area contributed by atoms with Gasteiger partial charge in [-0.3, -0.25) is 0 Å². The highest BCUT2D eigenvalue weighted by Gasteiger charge is 2.36. The molecule has 1 heterocycles. The summed E-state index contributed by atoms with van der Waals surface area (Å²) in [5.41, 5.74) is 0. The summed E-state index contributed by atoms with van der Waals surface area (Å²) in [5, 5.41) is 8.70. The van der Waals surface area contributed by atoms with E-state index in [4.69, 9.17) is 9.84 Å². The third kappa shape index (κ3) is 8.10. The van der Waals surface area contributed by atoms with E-state index in [1.807, 2.05) is 0 Å². The SMILES string of the molecule is CCCCCCCCCC[C@H]1O[C@@H]1CCCCO. The molecule has 2 atom stereocenters. The fraction of sp³-hybridized carbons (Fsp3) is 1.00. The highest BCUT2D eigenvalue weighted by Crippen LogP contribution is 2.31. The summed E-state index contributed by atoms with van der Waals surface area (Å²) in [6, 6.07) is 0. The molecule has 0 unspecified atom stereocenters. The minimum Gasteiger partial charge on any atom is -0.396 e. The van der Waals surface area contributed by atoms with Gasteiger partial charge in [0.25, 0.3) is 0 Å². The van der Waals surface area contributed by atoms with Crippen molar-refractivity contribution < 1.29 is 9.84 Å². The molecule has 1 fully saturated rings. The fourth-order valence-corrected chi connectivity index (χ4v) is 2.62. The van der Waals surface area contributed by atoms with Crippen molar-refractivity contribution in [3.63, 3.8) is 0 Å². The third-order valence-corrected chi connectivity index (χ3v) is 3.93. The molecule has 0 aliphatic carbocycles. The summed E-state index contributed by atoms with van der Waals surface area (Å²) in [6.07, 6.45) is 16.7. The van der Waals surface area contributed by atoms with Gasteiger partial charge in [0.15, 0.2) is 0 Å². The van der Waals surface area contributed by atoms with E-state index >= 15 is 0 Å². The molecule has 108 valence electrons. The van der Waals surface area contributed by atoms with Crippen LogP contribution in [-0.4, -0.2) is 23.9 Å². The number of aliphatic hydroxyl groups excluding tert-OH is 1. The van der Waals surface area contributed by atoms with Crippen molar-refractivity contribution in [1.29, 1.82) is 0 Å². The van der Waals surface area contributed by atoms with Crippen molar-refractivity contribution in [2.24, 2.45) is 0 Å². The maximum absolute atomic E-state index is 8.70. The van der Waals surface area contributed by atoms with Crippen molar-refractivity contribution in [1.82, 2.24) is 0 Å². The molecule has 0 aromatic heterocycles. The lowest BCUT2D eigenvalue weighted by molar-refractivity contribution is 0.278. The second-order valence-electron chi connectivity index (χ2n) is 5.70. The van der Waals surface area contributed by atoms with Crippen molar-refractivity contribution in [3.8, 4) is 0 Å². The zero-order chi connectivity index (χ0) is 13.1. The van der Waals surface area contributed by atoms with Gasteiger partial charge in [-0.15, -0.1) is 0 Å². The molecule has 1 saturated heterocycles. The largest absolute Gasteiger partial charge is 0.396 e. The Morgan fingerprint density at radius 1 is 0.722 bits per heavy atom. The van der Waals surface area contributed by atoms with Gasteiger partial charge in [-0.25, -0.2) is 0 Å². The predicted octanol–water partition coefficient (Wildman–Crippen LogP) is 4.45. The summed E-state index contributed by atoms with van der Waals surface area (Å²) >= 11 is 0. The zero-order valence-electron chi connectivity index (χ0n) is 12.2. The molecule has 0 aromatic carbocycles. The normalized spacial score (nSPS) is 22.3. The molecule has 1 N–H and O–H groups in total. The molecule has 0 bridgehead atoms. The number of hydrogen-bond donors (Lipinski definition) is 1. The predicted molar refractivity (Wildman–Crippen MR) is 76.8 cm³/mol. The minimum atomic E-state index is 0.329. The Morgan fingerprint density at radius 3 is 1.78 bits per heavy atom. The quantitative estimate of drug-likeness (QED) is 0.390. The monoisotopic (exact) mass is 256 g/mol. The highest BCUT2D eigenvalue weighted by atomic mass is 16.6. The standard InChI is InChI=1S/C16H32O2/c1-2-3-4-5-6-7-8-9-12-15-16(18-15)13-10-11-14-17/h15-17H,2-14H2,1H3/t15-,16-/m1/s1. The topological polar surface area (TPSA) is 32.8 Å². The van der Waals surface area contributed by atoms with Crippen LogP contribution in [0.25, 0.3) is 0 Å². The first kappa shape index (κ1) is 16.0. The second kappa shape index (κ2) is 10.8. The van der Waals surface area contributed by atoms with Gasteiger partial charge >= 0.3 is 0 Å². The molecule has 1 rings (SSSR count). The van der Waals surface area contributed by atoms with Crippen LogP contribution < -0.4 is 0 Å². The van der Waals surface area contributed by atoms with Crippen LogP contribution in [0.15, 0.2) is 0 Å². The van der Waals surface area contributed by atoms with Crippen LogP contribution in [0.1, 0.15) is 84.0 Å². The van der Waals surface area contributed by atoms with Crippen molar-refractivity contribution in [2.45, 2.75) is 96.2 Å². The molecule has 2 nitrogen and oxygen atoms in total. The lowest BCUT2D eigenvalue weighted by Crippen LogP contribution is -1.95. The Labute approximate surface area is 113 Å².